The van der Waals surface area contributed by atoms with Crippen molar-refractivity contribution in [3.63, 3.8) is 0 Å². The third-order valence-corrected chi connectivity index (χ3v) is 2.12. The van der Waals surface area contributed by atoms with Gasteiger partial charge >= 0.3 is 0 Å². The van der Waals surface area contributed by atoms with Crippen LogP contribution in [0.2, 0.25) is 0 Å². The molecule has 1 fully saturated rings. The van der Waals surface area contributed by atoms with Gasteiger partial charge in [-0.2, -0.15) is 0 Å². The molecule has 1 aliphatic rings. The maximum atomic E-state index is 11.2. The van der Waals surface area contributed by atoms with Crippen LogP contribution in [-0.4, -0.2) is 29.1 Å². The smallest absolute Gasteiger partial charge is 0.249 e. The maximum absolute atomic E-state index is 11.2. The number of amides is 3. The molecule has 1 saturated heterocycles. The molecule has 6 heteroatoms. The fourth-order valence-electron chi connectivity index (χ4n) is 1.12. The third kappa shape index (κ3) is 2.70. The summed E-state index contributed by atoms with van der Waals surface area (Å²) in [4.78, 5) is 33.1. The lowest BCUT2D eigenvalue weighted by Gasteiger charge is -2.22. The van der Waals surface area contributed by atoms with E-state index in [0.29, 0.717) is 6.42 Å². The van der Waals surface area contributed by atoms with Gasteiger partial charge in [-0.3, -0.25) is 19.7 Å². The summed E-state index contributed by atoms with van der Waals surface area (Å²) in [5.41, 5.74) is 0. The summed E-state index contributed by atoms with van der Waals surface area (Å²) >= 11 is 5.51. The minimum atomic E-state index is -0.680. The molecule has 0 aliphatic carbocycles. The summed E-state index contributed by atoms with van der Waals surface area (Å²) < 4.78 is 0. The van der Waals surface area contributed by atoms with Crippen molar-refractivity contribution < 1.29 is 14.4 Å². The molecule has 0 spiro atoms. The normalized spacial score (nSPS) is 24.0. The van der Waals surface area contributed by atoms with Crippen molar-refractivity contribution in [1.29, 1.82) is 0 Å². The first-order valence-electron chi connectivity index (χ1n) is 4.29. The highest BCUT2D eigenvalue weighted by molar-refractivity contribution is 6.30. The van der Waals surface area contributed by atoms with Crippen molar-refractivity contribution in [3.8, 4) is 0 Å². The Morgan fingerprint density at radius 1 is 1.64 bits per heavy atom. The molecule has 1 heterocycles. The van der Waals surface area contributed by atoms with Crippen LogP contribution in [-0.2, 0) is 14.4 Å². The molecule has 1 aliphatic heterocycles. The molecule has 0 radical (unpaired) electrons. The van der Waals surface area contributed by atoms with Crippen molar-refractivity contribution in [2.24, 2.45) is 0 Å². The summed E-state index contributed by atoms with van der Waals surface area (Å²) in [6.07, 6.45) is 0.577. The number of rotatable bonds is 2. The second kappa shape index (κ2) is 4.41. The largest absolute Gasteiger partial charge is 0.343 e. The molecule has 14 heavy (non-hydrogen) atoms. The Bertz CT molecular complexity index is 278. The van der Waals surface area contributed by atoms with Gasteiger partial charge in [0.05, 0.1) is 0 Å². The Morgan fingerprint density at radius 2 is 2.29 bits per heavy atom. The number of carbonyl (C=O) groups is 3. The van der Waals surface area contributed by atoms with E-state index in [1.165, 1.54) is 6.92 Å². The lowest BCUT2D eigenvalue weighted by atomic mass is 10.1. The third-order valence-electron chi connectivity index (χ3n) is 1.92. The van der Waals surface area contributed by atoms with E-state index in [2.05, 4.69) is 10.6 Å². The first-order chi connectivity index (χ1) is 6.50. The molecule has 0 aromatic rings. The summed E-state index contributed by atoms with van der Waals surface area (Å²) in [6, 6.07) is -0.638. The molecule has 2 N–H and O–H groups in total. The second-order valence-electron chi connectivity index (χ2n) is 3.13. The fraction of sp³-hybridized carbons (Fsp3) is 0.625. The zero-order valence-corrected chi connectivity index (χ0v) is 8.43. The van der Waals surface area contributed by atoms with Gasteiger partial charge < -0.3 is 5.32 Å². The Balaban J connectivity index is 2.49. The maximum Gasteiger partial charge on any atom is 0.249 e. The van der Waals surface area contributed by atoms with Crippen LogP contribution < -0.4 is 10.6 Å². The van der Waals surface area contributed by atoms with E-state index >= 15 is 0 Å². The topological polar surface area (TPSA) is 75.3 Å². The molecule has 2 atom stereocenters. The van der Waals surface area contributed by atoms with Crippen molar-refractivity contribution in [3.05, 3.63) is 0 Å². The summed E-state index contributed by atoms with van der Waals surface area (Å²) in [6.45, 7) is 1.52. The molecule has 78 valence electrons. The van der Waals surface area contributed by atoms with E-state index in [4.69, 9.17) is 11.6 Å². The van der Waals surface area contributed by atoms with Crippen LogP contribution in [0.4, 0.5) is 0 Å². The highest BCUT2D eigenvalue weighted by atomic mass is 35.5. The summed E-state index contributed by atoms with van der Waals surface area (Å²) in [7, 11) is 0. The number of hydrogen-bond donors (Lipinski definition) is 2. The van der Waals surface area contributed by atoms with E-state index in [1.807, 2.05) is 0 Å². The number of halogens is 1. The lowest BCUT2D eigenvalue weighted by Crippen LogP contribution is -2.53. The molecule has 0 aromatic heterocycles. The van der Waals surface area contributed by atoms with Crippen molar-refractivity contribution >= 4 is 29.3 Å². The average molecular weight is 219 g/mol. The van der Waals surface area contributed by atoms with Crippen LogP contribution in [0.25, 0.3) is 0 Å². The van der Waals surface area contributed by atoms with E-state index in [9.17, 15) is 14.4 Å². The van der Waals surface area contributed by atoms with Gasteiger partial charge in [0.25, 0.3) is 0 Å². The SMILES string of the molecule is CC(Cl)C(=O)NC1CCC(=O)NC1=O. The Kier molecular flexibility index (Phi) is 3.46. The highest BCUT2D eigenvalue weighted by Gasteiger charge is 2.28. The number of alkyl halides is 1. The van der Waals surface area contributed by atoms with Gasteiger partial charge in [-0.25, -0.2) is 0 Å². The van der Waals surface area contributed by atoms with Crippen LogP contribution in [0.1, 0.15) is 19.8 Å². The van der Waals surface area contributed by atoms with Crippen LogP contribution >= 0.6 is 11.6 Å². The van der Waals surface area contributed by atoms with E-state index in [1.54, 1.807) is 0 Å². The standard InChI is InChI=1S/C8H11ClN2O3/c1-4(9)7(13)10-5-2-3-6(12)11-8(5)14/h4-5H,2-3H2,1H3,(H,10,13)(H,11,12,14). The first-order valence-corrected chi connectivity index (χ1v) is 4.72. The Morgan fingerprint density at radius 3 is 2.79 bits per heavy atom. The molecule has 3 amide bonds. The Hall–Kier alpha value is -1.10. The van der Waals surface area contributed by atoms with E-state index in [-0.39, 0.29) is 12.3 Å². The van der Waals surface area contributed by atoms with Crippen molar-refractivity contribution in [2.45, 2.75) is 31.2 Å². The predicted octanol–water partition coefficient (Wildman–Crippen LogP) is -0.465. The quantitative estimate of drug-likeness (QED) is 0.486. The molecule has 5 nitrogen and oxygen atoms in total. The number of nitrogens with one attached hydrogen (secondary N) is 2. The van der Waals surface area contributed by atoms with Crippen LogP contribution in [0.3, 0.4) is 0 Å². The number of carbonyl (C=O) groups excluding carboxylic acids is 3. The molecule has 1 rings (SSSR count). The minimum absolute atomic E-state index is 0.243. The minimum Gasteiger partial charge on any atom is -0.343 e. The van der Waals surface area contributed by atoms with Crippen LogP contribution in [0, 0.1) is 0 Å². The van der Waals surface area contributed by atoms with Crippen LogP contribution in [0.5, 0.6) is 0 Å². The second-order valence-corrected chi connectivity index (χ2v) is 3.78. The van der Waals surface area contributed by atoms with Crippen molar-refractivity contribution in [2.75, 3.05) is 0 Å². The molecule has 0 aromatic carbocycles. The molecule has 0 saturated carbocycles. The zero-order chi connectivity index (χ0) is 10.7. The molecule has 2 unspecified atom stereocenters. The molecular formula is C8H11ClN2O3. The average Bonchev–Trinajstić information content (AvgIpc) is 2.09. The van der Waals surface area contributed by atoms with Gasteiger partial charge in [-0.1, -0.05) is 0 Å². The fourth-order valence-corrected chi connectivity index (χ4v) is 1.18. The van der Waals surface area contributed by atoms with Crippen LogP contribution in [0.15, 0.2) is 0 Å². The Labute approximate surface area is 86.2 Å². The predicted molar refractivity (Wildman–Crippen MR) is 49.6 cm³/mol. The molecular weight excluding hydrogens is 208 g/mol. The number of piperidine rings is 1. The van der Waals surface area contributed by atoms with Gasteiger partial charge in [0, 0.05) is 6.42 Å². The zero-order valence-electron chi connectivity index (χ0n) is 7.67. The van der Waals surface area contributed by atoms with Gasteiger partial charge in [-0.05, 0) is 13.3 Å². The van der Waals surface area contributed by atoms with Crippen molar-refractivity contribution in [1.82, 2.24) is 10.6 Å². The van der Waals surface area contributed by atoms with E-state index in [0.717, 1.165) is 0 Å². The lowest BCUT2D eigenvalue weighted by molar-refractivity contribution is -0.137. The van der Waals surface area contributed by atoms with Gasteiger partial charge in [-0.15, -0.1) is 11.6 Å². The van der Waals surface area contributed by atoms with Gasteiger partial charge in [0.15, 0.2) is 0 Å². The summed E-state index contributed by atoms with van der Waals surface area (Å²) in [5, 5.41) is 3.91. The van der Waals surface area contributed by atoms with Gasteiger partial charge in [0.2, 0.25) is 17.7 Å². The van der Waals surface area contributed by atoms with Gasteiger partial charge in [0.1, 0.15) is 11.4 Å². The first kappa shape index (κ1) is 11.0. The molecule has 0 bridgehead atoms. The van der Waals surface area contributed by atoms with E-state index < -0.39 is 23.2 Å². The monoisotopic (exact) mass is 218 g/mol. The highest BCUT2D eigenvalue weighted by Crippen LogP contribution is 2.05. The number of imide groups is 1. The summed E-state index contributed by atoms with van der Waals surface area (Å²) in [5.74, 6) is -1.17. The number of hydrogen-bond acceptors (Lipinski definition) is 3.